The molecular weight excluding hydrogens is 196 g/mol. The zero-order valence-electron chi connectivity index (χ0n) is 10.8. The number of hydrogen-bond acceptors (Lipinski definition) is 1. The highest BCUT2D eigenvalue weighted by Crippen LogP contribution is 2.47. The summed E-state index contributed by atoms with van der Waals surface area (Å²) in [5.74, 6) is 2.21. The van der Waals surface area contributed by atoms with Crippen LogP contribution in [0.3, 0.4) is 0 Å². The normalized spacial score (nSPS) is 34.5. The van der Waals surface area contributed by atoms with Crippen molar-refractivity contribution in [2.75, 3.05) is 0 Å². The average Bonchev–Trinajstić information content (AvgIpc) is 2.57. The second kappa shape index (κ2) is 4.20. The molecule has 1 fully saturated rings. The predicted molar refractivity (Wildman–Crippen MR) is 67.1 cm³/mol. The van der Waals surface area contributed by atoms with E-state index in [0.717, 1.165) is 6.42 Å². The van der Waals surface area contributed by atoms with Crippen molar-refractivity contribution in [1.82, 2.24) is 0 Å². The number of fused-ring (bicyclic) bond motifs is 1. The van der Waals surface area contributed by atoms with Crippen LogP contribution in [0.2, 0.25) is 0 Å². The zero-order chi connectivity index (χ0) is 11.9. The molecule has 1 saturated carbocycles. The first-order valence-electron chi connectivity index (χ1n) is 6.35. The number of allylic oxidation sites excluding steroid dienone is 4. The molecule has 1 nitrogen and oxygen atoms in total. The second-order valence-electron chi connectivity index (χ2n) is 5.82. The van der Waals surface area contributed by atoms with E-state index >= 15 is 0 Å². The Balaban J connectivity index is 2.32. The minimum Gasteiger partial charge on any atom is -0.295 e. The van der Waals surface area contributed by atoms with E-state index in [1.54, 1.807) is 5.57 Å². The fourth-order valence-electron chi connectivity index (χ4n) is 3.32. The summed E-state index contributed by atoms with van der Waals surface area (Å²) in [6.45, 7) is 8.82. The summed E-state index contributed by atoms with van der Waals surface area (Å²) in [5.41, 5.74) is 4.43. The van der Waals surface area contributed by atoms with Gasteiger partial charge in [-0.1, -0.05) is 23.6 Å². The van der Waals surface area contributed by atoms with Crippen LogP contribution in [-0.4, -0.2) is 5.78 Å². The monoisotopic (exact) mass is 218 g/mol. The summed E-state index contributed by atoms with van der Waals surface area (Å²) in [7, 11) is 0. The molecule has 0 N–H and O–H groups in total. The molecule has 16 heavy (non-hydrogen) atoms. The quantitative estimate of drug-likeness (QED) is 0.563. The van der Waals surface area contributed by atoms with Crippen molar-refractivity contribution in [1.29, 1.82) is 0 Å². The van der Waals surface area contributed by atoms with Crippen LogP contribution in [0.5, 0.6) is 0 Å². The first-order valence-corrected chi connectivity index (χ1v) is 6.35. The molecule has 0 aromatic carbocycles. The molecule has 2 aliphatic carbocycles. The maximum atomic E-state index is 11.7. The molecule has 0 radical (unpaired) electrons. The lowest BCUT2D eigenvalue weighted by Crippen LogP contribution is -2.16. The van der Waals surface area contributed by atoms with E-state index < -0.39 is 0 Å². The molecule has 0 aliphatic heterocycles. The van der Waals surface area contributed by atoms with E-state index in [0.29, 0.717) is 23.5 Å². The molecule has 1 heteroatoms. The van der Waals surface area contributed by atoms with Crippen LogP contribution in [0.25, 0.3) is 0 Å². The molecule has 0 bridgehead atoms. The van der Waals surface area contributed by atoms with Gasteiger partial charge in [0.25, 0.3) is 0 Å². The van der Waals surface area contributed by atoms with Crippen LogP contribution in [0.4, 0.5) is 0 Å². The summed E-state index contributed by atoms with van der Waals surface area (Å²) in [4.78, 5) is 11.7. The van der Waals surface area contributed by atoms with Crippen molar-refractivity contribution in [2.24, 2.45) is 17.8 Å². The van der Waals surface area contributed by atoms with Gasteiger partial charge in [-0.3, -0.25) is 4.79 Å². The molecule has 0 amide bonds. The highest BCUT2D eigenvalue weighted by molar-refractivity contribution is 5.90. The van der Waals surface area contributed by atoms with Crippen molar-refractivity contribution in [3.05, 3.63) is 22.8 Å². The van der Waals surface area contributed by atoms with Crippen LogP contribution in [-0.2, 0) is 4.79 Å². The van der Waals surface area contributed by atoms with E-state index in [2.05, 4.69) is 27.7 Å². The second-order valence-corrected chi connectivity index (χ2v) is 5.82. The van der Waals surface area contributed by atoms with E-state index in [4.69, 9.17) is 0 Å². The highest BCUT2D eigenvalue weighted by atomic mass is 16.1. The number of rotatable bonds is 0. The van der Waals surface area contributed by atoms with Crippen LogP contribution in [0, 0.1) is 17.8 Å². The molecular formula is C15H22O. The summed E-state index contributed by atoms with van der Waals surface area (Å²) < 4.78 is 0. The smallest absolute Gasteiger partial charge is 0.155 e. The summed E-state index contributed by atoms with van der Waals surface area (Å²) in [5, 5.41) is 0. The fourth-order valence-corrected chi connectivity index (χ4v) is 3.32. The molecule has 0 unspecified atom stereocenters. The standard InChI is InChI=1S/C15H22O/c1-9(2)12-7-14-10(3)5-13(16)6-11(4)15(14)8-12/h5,11,14-15H,6-8H2,1-4H3/t11-,14-,15-/m1/s1. The van der Waals surface area contributed by atoms with E-state index in [1.165, 1.54) is 24.0 Å². The van der Waals surface area contributed by atoms with Crippen molar-refractivity contribution >= 4 is 5.78 Å². The first kappa shape index (κ1) is 11.6. The third kappa shape index (κ3) is 2.00. The van der Waals surface area contributed by atoms with Crippen molar-refractivity contribution in [2.45, 2.75) is 47.0 Å². The number of carbonyl (C=O) groups is 1. The molecule has 2 aliphatic rings. The third-order valence-corrected chi connectivity index (χ3v) is 4.40. The Morgan fingerprint density at radius 3 is 2.56 bits per heavy atom. The maximum Gasteiger partial charge on any atom is 0.155 e. The van der Waals surface area contributed by atoms with Gasteiger partial charge in [-0.05, 0) is 57.4 Å². The van der Waals surface area contributed by atoms with Gasteiger partial charge in [0, 0.05) is 6.42 Å². The Labute approximate surface area is 98.6 Å². The lowest BCUT2D eigenvalue weighted by Gasteiger charge is -2.22. The Hall–Kier alpha value is -0.850. The lowest BCUT2D eigenvalue weighted by molar-refractivity contribution is -0.115. The van der Waals surface area contributed by atoms with Gasteiger partial charge >= 0.3 is 0 Å². The number of ketones is 1. The minimum absolute atomic E-state index is 0.332. The number of hydrogen-bond donors (Lipinski definition) is 0. The average molecular weight is 218 g/mol. The third-order valence-electron chi connectivity index (χ3n) is 4.40. The van der Waals surface area contributed by atoms with Crippen LogP contribution < -0.4 is 0 Å². The largest absolute Gasteiger partial charge is 0.295 e. The van der Waals surface area contributed by atoms with Crippen molar-refractivity contribution in [3.8, 4) is 0 Å². The van der Waals surface area contributed by atoms with Crippen LogP contribution in [0.15, 0.2) is 22.8 Å². The van der Waals surface area contributed by atoms with Gasteiger partial charge in [-0.2, -0.15) is 0 Å². The molecule has 0 aromatic heterocycles. The van der Waals surface area contributed by atoms with Crippen LogP contribution in [0.1, 0.15) is 47.0 Å². The maximum absolute atomic E-state index is 11.7. The van der Waals surface area contributed by atoms with Crippen molar-refractivity contribution in [3.63, 3.8) is 0 Å². The highest BCUT2D eigenvalue weighted by Gasteiger charge is 2.37. The molecule has 0 heterocycles. The SMILES string of the molecule is CC1=CC(=O)C[C@@H](C)[C@H]2CC(=C(C)C)C[C@H]12. The topological polar surface area (TPSA) is 17.1 Å². The lowest BCUT2D eigenvalue weighted by atomic mass is 9.82. The molecule has 0 saturated heterocycles. The number of carbonyl (C=O) groups excluding carboxylic acids is 1. The summed E-state index contributed by atoms with van der Waals surface area (Å²) >= 11 is 0. The van der Waals surface area contributed by atoms with E-state index in [9.17, 15) is 4.79 Å². The molecule has 2 rings (SSSR count). The van der Waals surface area contributed by atoms with Crippen molar-refractivity contribution < 1.29 is 4.79 Å². The Bertz CT molecular complexity index is 369. The minimum atomic E-state index is 0.332. The summed E-state index contributed by atoms with van der Waals surface area (Å²) in [6, 6.07) is 0. The van der Waals surface area contributed by atoms with E-state index in [-0.39, 0.29) is 0 Å². The molecule has 88 valence electrons. The van der Waals surface area contributed by atoms with Gasteiger partial charge in [0.1, 0.15) is 0 Å². The fraction of sp³-hybridized carbons (Fsp3) is 0.667. The molecule has 0 spiro atoms. The summed E-state index contributed by atoms with van der Waals surface area (Å²) in [6.07, 6.45) is 5.04. The predicted octanol–water partition coefficient (Wildman–Crippen LogP) is 3.90. The van der Waals surface area contributed by atoms with Gasteiger partial charge in [0.15, 0.2) is 5.78 Å². The van der Waals surface area contributed by atoms with Gasteiger partial charge in [-0.15, -0.1) is 0 Å². The molecule has 3 atom stereocenters. The Morgan fingerprint density at radius 1 is 1.25 bits per heavy atom. The van der Waals surface area contributed by atoms with Gasteiger partial charge < -0.3 is 0 Å². The Morgan fingerprint density at radius 2 is 1.94 bits per heavy atom. The zero-order valence-corrected chi connectivity index (χ0v) is 10.8. The van der Waals surface area contributed by atoms with Gasteiger partial charge in [0.05, 0.1) is 0 Å². The van der Waals surface area contributed by atoms with E-state index in [1.807, 2.05) is 6.08 Å². The van der Waals surface area contributed by atoms with Gasteiger partial charge in [0.2, 0.25) is 0 Å². The van der Waals surface area contributed by atoms with Crippen LogP contribution >= 0.6 is 0 Å². The first-order chi connectivity index (χ1) is 7.49. The Kier molecular flexibility index (Phi) is 3.05. The molecule has 0 aromatic rings. The van der Waals surface area contributed by atoms with Gasteiger partial charge in [-0.25, -0.2) is 0 Å².